The van der Waals surface area contributed by atoms with Gasteiger partial charge in [-0.1, -0.05) is 27.7 Å². The summed E-state index contributed by atoms with van der Waals surface area (Å²) >= 11 is 0. The molecule has 0 heterocycles. The highest BCUT2D eigenvalue weighted by Gasteiger charge is 2.37. The molecule has 0 bridgehead atoms. The molecular weight excluding hydrogens is 187 g/mol. The fourth-order valence-corrected chi connectivity index (χ4v) is 2.10. The van der Waals surface area contributed by atoms with E-state index < -0.39 is 13.9 Å². The molecule has 0 fully saturated rings. The van der Waals surface area contributed by atoms with E-state index in [0.29, 0.717) is 0 Å². The van der Waals surface area contributed by atoms with Crippen LogP contribution < -0.4 is 0 Å². The predicted octanol–water partition coefficient (Wildman–Crippen LogP) is 3.26. The Morgan fingerprint density at radius 1 is 1.31 bits per heavy atom. The Labute approximate surface area is 81.4 Å². The van der Waals surface area contributed by atoms with Gasteiger partial charge in [0.05, 0.1) is 0 Å². The molecule has 13 heavy (non-hydrogen) atoms. The van der Waals surface area contributed by atoms with E-state index in [-0.39, 0.29) is 5.41 Å². The van der Waals surface area contributed by atoms with Crippen LogP contribution in [-0.2, 0) is 9.09 Å². The third-order valence-electron chi connectivity index (χ3n) is 1.95. The lowest BCUT2D eigenvalue weighted by Crippen LogP contribution is -2.30. The van der Waals surface area contributed by atoms with Crippen molar-refractivity contribution in [3.8, 4) is 0 Å². The van der Waals surface area contributed by atoms with E-state index in [1.807, 2.05) is 13.8 Å². The fourth-order valence-electron chi connectivity index (χ4n) is 1.53. The first-order valence-electron chi connectivity index (χ1n) is 4.54. The molecule has 0 aliphatic carbocycles. The number of hydrogen-bond acceptors (Lipinski definition) is 2. The first kappa shape index (κ1) is 13.0. The molecular formula is C9H20O3P+. The molecule has 0 saturated carbocycles. The van der Waals surface area contributed by atoms with E-state index in [2.05, 4.69) is 20.8 Å². The Morgan fingerprint density at radius 2 is 1.77 bits per heavy atom. The average molecular weight is 207 g/mol. The van der Waals surface area contributed by atoms with Crippen LogP contribution >= 0.6 is 8.25 Å². The summed E-state index contributed by atoms with van der Waals surface area (Å²) in [7, 11) is -2.50. The van der Waals surface area contributed by atoms with E-state index in [1.54, 1.807) is 0 Å². The van der Waals surface area contributed by atoms with Crippen molar-refractivity contribution >= 4 is 8.25 Å². The summed E-state index contributed by atoms with van der Waals surface area (Å²) in [6, 6.07) is 0. The van der Waals surface area contributed by atoms with E-state index in [9.17, 15) is 4.57 Å². The average Bonchev–Trinajstić information content (AvgIpc) is 1.81. The van der Waals surface area contributed by atoms with Crippen molar-refractivity contribution < 1.29 is 14.0 Å². The maximum atomic E-state index is 10.6. The zero-order valence-corrected chi connectivity index (χ0v) is 10.0. The minimum absolute atomic E-state index is 0.107. The van der Waals surface area contributed by atoms with E-state index in [4.69, 9.17) is 9.42 Å². The summed E-state index contributed by atoms with van der Waals surface area (Å²) in [5.41, 5.74) is -0.378. The highest BCUT2D eigenvalue weighted by molar-refractivity contribution is 7.32. The Kier molecular flexibility index (Phi) is 4.50. The van der Waals surface area contributed by atoms with Gasteiger partial charge in [0.25, 0.3) is 0 Å². The highest BCUT2D eigenvalue weighted by Crippen LogP contribution is 2.37. The summed E-state index contributed by atoms with van der Waals surface area (Å²) in [5, 5.41) is 0. The molecule has 0 aliphatic heterocycles. The quantitative estimate of drug-likeness (QED) is 0.720. The second-order valence-electron chi connectivity index (χ2n) is 4.87. The van der Waals surface area contributed by atoms with Crippen LogP contribution in [0.15, 0.2) is 0 Å². The topological polar surface area (TPSA) is 46.5 Å². The molecule has 0 aromatic rings. The zero-order valence-electron chi connectivity index (χ0n) is 9.13. The van der Waals surface area contributed by atoms with Crippen LogP contribution in [0, 0.1) is 5.41 Å². The molecule has 3 nitrogen and oxygen atoms in total. The summed E-state index contributed by atoms with van der Waals surface area (Å²) < 4.78 is 15.6. The van der Waals surface area contributed by atoms with Gasteiger partial charge in [0.1, 0.15) is 5.60 Å². The number of rotatable bonds is 4. The Balaban J connectivity index is 4.36. The molecule has 0 aromatic carbocycles. The maximum Gasteiger partial charge on any atom is 0.695 e. The van der Waals surface area contributed by atoms with Gasteiger partial charge in [-0.05, 0) is 25.2 Å². The van der Waals surface area contributed by atoms with Gasteiger partial charge < -0.3 is 0 Å². The van der Waals surface area contributed by atoms with Gasteiger partial charge in [0.15, 0.2) is 0 Å². The summed E-state index contributed by atoms with van der Waals surface area (Å²) in [6.45, 7) is 10.1. The third kappa shape index (κ3) is 6.14. The van der Waals surface area contributed by atoms with E-state index in [1.165, 1.54) is 0 Å². The molecule has 0 aliphatic rings. The van der Waals surface area contributed by atoms with Crippen molar-refractivity contribution in [3.05, 3.63) is 0 Å². The molecule has 78 valence electrons. The molecule has 2 atom stereocenters. The normalized spacial score (nSPS) is 18.2. The van der Waals surface area contributed by atoms with Gasteiger partial charge in [0.2, 0.25) is 0 Å². The third-order valence-corrected chi connectivity index (χ3v) is 2.55. The zero-order chi connectivity index (χ0) is 10.7. The molecule has 0 spiro atoms. The minimum Gasteiger partial charge on any atom is -0.133 e. The minimum atomic E-state index is -2.50. The maximum absolute atomic E-state index is 10.6. The van der Waals surface area contributed by atoms with Crippen molar-refractivity contribution in [1.29, 1.82) is 0 Å². The first-order valence-corrected chi connectivity index (χ1v) is 5.67. The van der Waals surface area contributed by atoms with Crippen molar-refractivity contribution in [3.63, 3.8) is 0 Å². The monoisotopic (exact) mass is 207 g/mol. The van der Waals surface area contributed by atoms with Crippen LogP contribution in [0.5, 0.6) is 0 Å². The lowest BCUT2D eigenvalue weighted by atomic mass is 9.82. The van der Waals surface area contributed by atoms with Crippen LogP contribution in [0.2, 0.25) is 0 Å². The van der Waals surface area contributed by atoms with Crippen LogP contribution in [0.3, 0.4) is 0 Å². The van der Waals surface area contributed by atoms with Gasteiger partial charge in [-0.25, -0.2) is 0 Å². The fraction of sp³-hybridized carbons (Fsp3) is 1.00. The smallest absolute Gasteiger partial charge is 0.133 e. The second-order valence-corrected chi connectivity index (χ2v) is 5.53. The Hall–Kier alpha value is 0.0200. The predicted molar refractivity (Wildman–Crippen MR) is 53.7 cm³/mol. The summed E-state index contributed by atoms with van der Waals surface area (Å²) in [5.74, 6) is 0. The van der Waals surface area contributed by atoms with Crippen LogP contribution in [-0.4, -0.2) is 10.5 Å². The largest absolute Gasteiger partial charge is 0.695 e. The van der Waals surface area contributed by atoms with Gasteiger partial charge >= 0.3 is 8.25 Å². The van der Waals surface area contributed by atoms with Crippen LogP contribution in [0.25, 0.3) is 0 Å². The SMILES string of the molecule is CC[C@](C)(CC(C)(C)C)O[P+](=O)O. The van der Waals surface area contributed by atoms with Crippen LogP contribution in [0.1, 0.15) is 47.5 Å². The molecule has 1 unspecified atom stereocenters. The molecule has 1 N–H and O–H groups in total. The standard InChI is InChI=1S/C9H19O3P/c1-6-9(5,12-13(10)11)7-8(2,3)4/h6-7H2,1-5H3/p+1/t9-/m1/s1. The lowest BCUT2D eigenvalue weighted by molar-refractivity contribution is 0.0382. The molecule has 0 amide bonds. The van der Waals surface area contributed by atoms with Crippen molar-refractivity contribution in [1.82, 2.24) is 0 Å². The first-order chi connectivity index (χ1) is 5.68. The second kappa shape index (κ2) is 4.50. The molecule has 0 radical (unpaired) electrons. The number of hydrogen-bond donors (Lipinski definition) is 1. The molecule has 0 saturated heterocycles. The van der Waals surface area contributed by atoms with E-state index in [0.717, 1.165) is 12.8 Å². The Morgan fingerprint density at radius 3 is 2.00 bits per heavy atom. The van der Waals surface area contributed by atoms with Gasteiger partial charge in [0, 0.05) is 4.57 Å². The van der Waals surface area contributed by atoms with Crippen molar-refractivity contribution in [2.45, 2.75) is 53.1 Å². The highest BCUT2D eigenvalue weighted by atomic mass is 31.1. The van der Waals surface area contributed by atoms with Crippen LogP contribution in [0.4, 0.5) is 0 Å². The summed E-state index contributed by atoms with van der Waals surface area (Å²) in [4.78, 5) is 8.70. The van der Waals surface area contributed by atoms with Gasteiger partial charge in [-0.15, -0.1) is 9.42 Å². The van der Waals surface area contributed by atoms with Crippen molar-refractivity contribution in [2.75, 3.05) is 0 Å². The molecule has 0 rings (SSSR count). The molecule has 0 aromatic heterocycles. The van der Waals surface area contributed by atoms with Gasteiger partial charge in [-0.2, -0.15) is 0 Å². The van der Waals surface area contributed by atoms with E-state index >= 15 is 0 Å². The Bertz CT molecular complexity index is 186. The summed E-state index contributed by atoms with van der Waals surface area (Å²) in [6.07, 6.45) is 1.52. The molecule has 4 heteroatoms. The lowest BCUT2D eigenvalue weighted by Gasteiger charge is -2.29. The van der Waals surface area contributed by atoms with Crippen molar-refractivity contribution in [2.24, 2.45) is 5.41 Å². The van der Waals surface area contributed by atoms with Gasteiger partial charge in [-0.3, -0.25) is 0 Å².